The second-order valence-electron chi connectivity index (χ2n) is 2.73. The van der Waals surface area contributed by atoms with Crippen molar-refractivity contribution in [1.29, 1.82) is 0 Å². The highest BCUT2D eigenvalue weighted by Gasteiger charge is 2.29. The Labute approximate surface area is 73.3 Å². The van der Waals surface area contributed by atoms with E-state index in [0.717, 1.165) is 4.47 Å². The van der Waals surface area contributed by atoms with E-state index in [1.54, 1.807) is 7.11 Å². The summed E-state index contributed by atoms with van der Waals surface area (Å²) in [5, 5.41) is 6.97. The molecule has 1 aromatic rings. The number of methoxy groups -OCH3 is 1. The van der Waals surface area contributed by atoms with Gasteiger partial charge in [0.1, 0.15) is 4.47 Å². The summed E-state index contributed by atoms with van der Waals surface area (Å²) in [4.78, 5) is 0. The number of rotatable bonds is 2. The number of nitrogens with one attached hydrogen (secondary N) is 1. The lowest BCUT2D eigenvalue weighted by Crippen LogP contribution is -1.82. The highest BCUT2D eigenvalue weighted by atomic mass is 79.9. The third kappa shape index (κ3) is 1.15. The van der Waals surface area contributed by atoms with E-state index in [1.165, 1.54) is 18.5 Å². The van der Waals surface area contributed by atoms with Gasteiger partial charge in [0.15, 0.2) is 0 Å². The van der Waals surface area contributed by atoms with Crippen LogP contribution in [0, 0.1) is 0 Å². The van der Waals surface area contributed by atoms with Gasteiger partial charge in [-0.2, -0.15) is 0 Å². The normalized spacial score (nSPS) is 16.9. The molecule has 3 nitrogen and oxygen atoms in total. The Bertz CT molecular complexity index is 267. The molecule has 1 aromatic heterocycles. The van der Waals surface area contributed by atoms with Gasteiger partial charge in [-0.15, -0.1) is 5.10 Å². The van der Waals surface area contributed by atoms with Crippen molar-refractivity contribution in [3.8, 4) is 5.88 Å². The van der Waals surface area contributed by atoms with Crippen LogP contribution in [0.1, 0.15) is 24.5 Å². The number of aromatic nitrogens is 2. The van der Waals surface area contributed by atoms with E-state index >= 15 is 0 Å². The highest BCUT2D eigenvalue weighted by molar-refractivity contribution is 9.10. The van der Waals surface area contributed by atoms with Crippen molar-refractivity contribution >= 4 is 15.9 Å². The van der Waals surface area contributed by atoms with Gasteiger partial charge in [0.25, 0.3) is 0 Å². The van der Waals surface area contributed by atoms with Gasteiger partial charge in [0.2, 0.25) is 5.88 Å². The fourth-order valence-electron chi connectivity index (χ4n) is 1.10. The molecule has 0 unspecified atom stereocenters. The topological polar surface area (TPSA) is 37.9 Å². The van der Waals surface area contributed by atoms with E-state index in [4.69, 9.17) is 4.74 Å². The molecule has 11 heavy (non-hydrogen) atoms. The molecule has 1 fully saturated rings. The van der Waals surface area contributed by atoms with Crippen LogP contribution < -0.4 is 4.74 Å². The fraction of sp³-hybridized carbons (Fsp3) is 0.571. The van der Waals surface area contributed by atoms with Crippen LogP contribution in [-0.4, -0.2) is 17.3 Å². The van der Waals surface area contributed by atoms with Crippen molar-refractivity contribution in [2.24, 2.45) is 0 Å². The number of ether oxygens (including phenoxy) is 1. The molecule has 2 rings (SSSR count). The van der Waals surface area contributed by atoms with Gasteiger partial charge in [-0.3, -0.25) is 5.10 Å². The summed E-state index contributed by atoms with van der Waals surface area (Å²) in [6.07, 6.45) is 2.54. The van der Waals surface area contributed by atoms with Crippen LogP contribution in [0.3, 0.4) is 0 Å². The maximum atomic E-state index is 5.01. The standard InChI is InChI=1S/C7H9BrN2O/c1-11-7-5(8)6(9-10-7)4-2-3-4/h4H,2-3H2,1H3,(H,9,10). The van der Waals surface area contributed by atoms with Crippen LogP contribution in [0.15, 0.2) is 4.47 Å². The lowest BCUT2D eigenvalue weighted by molar-refractivity contribution is 0.394. The smallest absolute Gasteiger partial charge is 0.247 e. The summed E-state index contributed by atoms with van der Waals surface area (Å²) in [5.74, 6) is 1.34. The van der Waals surface area contributed by atoms with Crippen molar-refractivity contribution in [3.63, 3.8) is 0 Å². The number of halogens is 1. The Morgan fingerprint density at radius 3 is 2.82 bits per heavy atom. The Morgan fingerprint density at radius 2 is 2.36 bits per heavy atom. The molecule has 0 saturated heterocycles. The molecule has 0 bridgehead atoms. The van der Waals surface area contributed by atoms with Crippen LogP contribution in [0.5, 0.6) is 5.88 Å². The molecule has 1 saturated carbocycles. The van der Waals surface area contributed by atoms with Crippen molar-refractivity contribution in [2.45, 2.75) is 18.8 Å². The minimum atomic E-state index is 0.659. The van der Waals surface area contributed by atoms with Gasteiger partial charge < -0.3 is 4.74 Å². The predicted molar refractivity (Wildman–Crippen MR) is 44.8 cm³/mol. The summed E-state index contributed by atoms with van der Waals surface area (Å²) >= 11 is 3.43. The summed E-state index contributed by atoms with van der Waals surface area (Å²) < 4.78 is 6.00. The van der Waals surface area contributed by atoms with Crippen molar-refractivity contribution in [1.82, 2.24) is 10.2 Å². The average Bonchev–Trinajstić information content (AvgIpc) is 2.77. The monoisotopic (exact) mass is 216 g/mol. The number of hydrogen-bond donors (Lipinski definition) is 1. The second kappa shape index (κ2) is 2.52. The van der Waals surface area contributed by atoms with Gasteiger partial charge in [0.05, 0.1) is 12.8 Å². The van der Waals surface area contributed by atoms with E-state index in [0.29, 0.717) is 11.8 Å². The molecular formula is C7H9BrN2O. The molecule has 1 aliphatic rings. The Kier molecular flexibility index (Phi) is 1.64. The molecule has 1 N–H and O–H groups in total. The van der Waals surface area contributed by atoms with Crippen LogP contribution in [0.2, 0.25) is 0 Å². The summed E-state index contributed by atoms with van der Waals surface area (Å²) in [5.41, 5.74) is 1.18. The van der Waals surface area contributed by atoms with Crippen molar-refractivity contribution in [3.05, 3.63) is 10.2 Å². The summed E-state index contributed by atoms with van der Waals surface area (Å²) in [6.45, 7) is 0. The number of aromatic amines is 1. The van der Waals surface area contributed by atoms with E-state index in [2.05, 4.69) is 26.1 Å². The molecule has 0 spiro atoms. The number of hydrogen-bond acceptors (Lipinski definition) is 2. The minimum Gasteiger partial charge on any atom is -0.479 e. The SMILES string of the molecule is COc1n[nH]c(C2CC2)c1Br. The highest BCUT2D eigenvalue weighted by Crippen LogP contribution is 2.44. The van der Waals surface area contributed by atoms with Gasteiger partial charge >= 0.3 is 0 Å². The minimum absolute atomic E-state index is 0.659. The maximum absolute atomic E-state index is 5.01. The first-order valence-corrected chi connectivity index (χ1v) is 4.40. The van der Waals surface area contributed by atoms with Gasteiger partial charge in [-0.05, 0) is 28.8 Å². The van der Waals surface area contributed by atoms with Crippen molar-refractivity contribution < 1.29 is 4.74 Å². The fourth-order valence-corrected chi connectivity index (χ4v) is 1.77. The zero-order chi connectivity index (χ0) is 7.84. The Morgan fingerprint density at radius 1 is 1.64 bits per heavy atom. The lowest BCUT2D eigenvalue weighted by atomic mass is 10.3. The predicted octanol–water partition coefficient (Wildman–Crippen LogP) is 2.06. The summed E-state index contributed by atoms with van der Waals surface area (Å²) in [7, 11) is 1.62. The third-order valence-electron chi connectivity index (χ3n) is 1.88. The third-order valence-corrected chi connectivity index (χ3v) is 2.65. The molecule has 0 aliphatic heterocycles. The Hall–Kier alpha value is -0.510. The average molecular weight is 217 g/mol. The zero-order valence-corrected chi connectivity index (χ0v) is 7.81. The molecule has 0 amide bonds. The molecule has 4 heteroatoms. The van der Waals surface area contributed by atoms with E-state index in [-0.39, 0.29) is 0 Å². The van der Waals surface area contributed by atoms with Gasteiger partial charge in [-0.25, -0.2) is 0 Å². The lowest BCUT2D eigenvalue weighted by Gasteiger charge is -1.93. The molecule has 60 valence electrons. The van der Waals surface area contributed by atoms with Crippen molar-refractivity contribution in [2.75, 3.05) is 7.11 Å². The van der Waals surface area contributed by atoms with E-state index in [9.17, 15) is 0 Å². The second-order valence-corrected chi connectivity index (χ2v) is 3.53. The largest absolute Gasteiger partial charge is 0.479 e. The quantitative estimate of drug-likeness (QED) is 0.823. The first-order valence-electron chi connectivity index (χ1n) is 3.60. The molecule has 0 aromatic carbocycles. The zero-order valence-electron chi connectivity index (χ0n) is 6.22. The molecular weight excluding hydrogens is 208 g/mol. The molecule has 0 radical (unpaired) electrons. The van der Waals surface area contributed by atoms with E-state index < -0.39 is 0 Å². The van der Waals surface area contributed by atoms with E-state index in [1.807, 2.05) is 0 Å². The van der Waals surface area contributed by atoms with Gasteiger partial charge in [0, 0.05) is 5.92 Å². The van der Waals surface area contributed by atoms with Crippen LogP contribution >= 0.6 is 15.9 Å². The summed E-state index contributed by atoms with van der Waals surface area (Å²) in [6, 6.07) is 0. The Balaban J connectivity index is 2.33. The first kappa shape index (κ1) is 7.16. The molecule has 0 atom stereocenters. The number of H-pyrrole nitrogens is 1. The number of nitrogens with zero attached hydrogens (tertiary/aromatic N) is 1. The molecule has 1 heterocycles. The first-order chi connectivity index (χ1) is 5.33. The van der Waals surface area contributed by atoms with Crippen LogP contribution in [0.25, 0.3) is 0 Å². The maximum Gasteiger partial charge on any atom is 0.247 e. The van der Waals surface area contributed by atoms with Crippen LogP contribution in [-0.2, 0) is 0 Å². The van der Waals surface area contributed by atoms with Gasteiger partial charge in [-0.1, -0.05) is 0 Å². The van der Waals surface area contributed by atoms with Crippen LogP contribution in [0.4, 0.5) is 0 Å². The molecule has 1 aliphatic carbocycles.